The van der Waals surface area contributed by atoms with Crippen LogP contribution in [0.5, 0.6) is 0 Å². The summed E-state index contributed by atoms with van der Waals surface area (Å²) in [4.78, 5) is 2.11. The fourth-order valence-corrected chi connectivity index (χ4v) is 3.84. The van der Waals surface area contributed by atoms with Crippen LogP contribution < -0.4 is 0 Å². The SMILES string of the molecule is CC(C#N)S(=O)(=O)N1CCN(C)CC1c1ccccc1. The maximum atomic E-state index is 12.5. The molecule has 2 rings (SSSR count). The Morgan fingerprint density at radius 2 is 1.95 bits per heavy atom. The molecule has 0 amide bonds. The largest absolute Gasteiger partial charge is 0.303 e. The number of nitriles is 1. The average Bonchev–Trinajstić information content (AvgIpc) is 2.46. The van der Waals surface area contributed by atoms with E-state index in [4.69, 9.17) is 5.26 Å². The van der Waals surface area contributed by atoms with E-state index < -0.39 is 15.3 Å². The van der Waals surface area contributed by atoms with Crippen LogP contribution in [0.1, 0.15) is 18.5 Å². The van der Waals surface area contributed by atoms with Gasteiger partial charge in [-0.1, -0.05) is 30.3 Å². The lowest BCUT2D eigenvalue weighted by Crippen LogP contribution is -2.51. The van der Waals surface area contributed by atoms with Gasteiger partial charge in [-0.15, -0.1) is 0 Å². The van der Waals surface area contributed by atoms with E-state index in [-0.39, 0.29) is 6.04 Å². The van der Waals surface area contributed by atoms with E-state index in [1.54, 1.807) is 0 Å². The second kappa shape index (κ2) is 5.92. The molecule has 5 nitrogen and oxygen atoms in total. The first-order valence-electron chi connectivity index (χ1n) is 6.60. The van der Waals surface area contributed by atoms with Crippen molar-refractivity contribution in [2.75, 3.05) is 26.7 Å². The van der Waals surface area contributed by atoms with Gasteiger partial charge in [0.05, 0.1) is 12.1 Å². The van der Waals surface area contributed by atoms with Crippen LogP contribution in [-0.2, 0) is 10.0 Å². The van der Waals surface area contributed by atoms with Crippen LogP contribution in [-0.4, -0.2) is 49.6 Å². The van der Waals surface area contributed by atoms with Crippen molar-refractivity contribution in [2.45, 2.75) is 18.2 Å². The van der Waals surface area contributed by atoms with Crippen molar-refractivity contribution in [2.24, 2.45) is 0 Å². The van der Waals surface area contributed by atoms with Gasteiger partial charge in [-0.2, -0.15) is 9.57 Å². The lowest BCUT2D eigenvalue weighted by molar-refractivity contribution is 0.160. The van der Waals surface area contributed by atoms with Gasteiger partial charge in [-0.3, -0.25) is 0 Å². The molecule has 0 N–H and O–H groups in total. The van der Waals surface area contributed by atoms with Crippen LogP contribution in [0.15, 0.2) is 30.3 Å². The Balaban J connectivity index is 2.38. The molecule has 0 saturated carbocycles. The molecule has 2 atom stereocenters. The second-order valence-corrected chi connectivity index (χ2v) is 7.32. The smallest absolute Gasteiger partial charge is 0.230 e. The molecule has 108 valence electrons. The molecule has 1 aliphatic heterocycles. The van der Waals surface area contributed by atoms with Crippen LogP contribution in [0.2, 0.25) is 0 Å². The Morgan fingerprint density at radius 1 is 1.30 bits per heavy atom. The van der Waals surface area contributed by atoms with Crippen molar-refractivity contribution < 1.29 is 8.42 Å². The summed E-state index contributed by atoms with van der Waals surface area (Å²) in [5.74, 6) is 0. The Labute approximate surface area is 120 Å². The van der Waals surface area contributed by atoms with Crippen molar-refractivity contribution in [3.63, 3.8) is 0 Å². The average molecular weight is 293 g/mol. The number of benzene rings is 1. The Hall–Kier alpha value is -1.42. The molecule has 1 aromatic rings. The number of rotatable bonds is 3. The van der Waals surface area contributed by atoms with Gasteiger partial charge in [-0.05, 0) is 19.5 Å². The van der Waals surface area contributed by atoms with Gasteiger partial charge in [-0.25, -0.2) is 8.42 Å². The molecule has 0 aromatic heterocycles. The highest BCUT2D eigenvalue weighted by molar-refractivity contribution is 7.90. The molecule has 6 heteroatoms. The van der Waals surface area contributed by atoms with E-state index in [2.05, 4.69) is 4.90 Å². The van der Waals surface area contributed by atoms with Gasteiger partial charge >= 0.3 is 0 Å². The van der Waals surface area contributed by atoms with Crippen molar-refractivity contribution in [3.05, 3.63) is 35.9 Å². The molecule has 0 aliphatic carbocycles. The molecule has 20 heavy (non-hydrogen) atoms. The van der Waals surface area contributed by atoms with Gasteiger partial charge in [0.1, 0.15) is 0 Å². The maximum Gasteiger partial charge on any atom is 0.230 e. The number of hydrogen-bond donors (Lipinski definition) is 0. The zero-order valence-electron chi connectivity index (χ0n) is 11.7. The van der Waals surface area contributed by atoms with Crippen molar-refractivity contribution >= 4 is 10.0 Å². The number of likely N-dealkylation sites (N-methyl/N-ethyl adjacent to an activating group) is 1. The number of nitrogens with zero attached hydrogens (tertiary/aromatic N) is 3. The number of hydrogen-bond acceptors (Lipinski definition) is 4. The van der Waals surface area contributed by atoms with Crippen LogP contribution >= 0.6 is 0 Å². The van der Waals surface area contributed by atoms with Crippen LogP contribution in [0.3, 0.4) is 0 Å². The monoisotopic (exact) mass is 293 g/mol. The molecule has 1 fully saturated rings. The summed E-state index contributed by atoms with van der Waals surface area (Å²) < 4.78 is 26.5. The summed E-state index contributed by atoms with van der Waals surface area (Å²) in [6, 6.07) is 11.2. The van der Waals surface area contributed by atoms with Crippen LogP contribution in [0, 0.1) is 11.3 Å². The first-order valence-corrected chi connectivity index (χ1v) is 8.11. The fourth-order valence-electron chi connectivity index (χ4n) is 2.42. The zero-order valence-corrected chi connectivity index (χ0v) is 12.5. The summed E-state index contributed by atoms with van der Waals surface area (Å²) in [6.45, 7) is 3.18. The van der Waals surface area contributed by atoms with E-state index in [1.807, 2.05) is 43.4 Å². The van der Waals surface area contributed by atoms with Gasteiger partial charge < -0.3 is 4.90 Å². The van der Waals surface area contributed by atoms with Gasteiger partial charge in [0.15, 0.2) is 5.25 Å². The lowest BCUT2D eigenvalue weighted by atomic mass is 10.1. The van der Waals surface area contributed by atoms with Crippen molar-refractivity contribution in [3.8, 4) is 6.07 Å². The predicted octanol–water partition coefficient (Wildman–Crippen LogP) is 1.22. The highest BCUT2D eigenvalue weighted by Crippen LogP contribution is 2.29. The molecular weight excluding hydrogens is 274 g/mol. The lowest BCUT2D eigenvalue weighted by Gasteiger charge is -2.39. The summed E-state index contributed by atoms with van der Waals surface area (Å²) in [6.07, 6.45) is 0. The summed E-state index contributed by atoms with van der Waals surface area (Å²) in [5.41, 5.74) is 0.966. The van der Waals surface area contributed by atoms with E-state index in [1.165, 1.54) is 11.2 Å². The van der Waals surface area contributed by atoms with E-state index in [0.717, 1.165) is 5.56 Å². The summed E-state index contributed by atoms with van der Waals surface area (Å²) >= 11 is 0. The molecule has 0 bridgehead atoms. The summed E-state index contributed by atoms with van der Waals surface area (Å²) in [7, 11) is -1.61. The van der Waals surface area contributed by atoms with E-state index in [0.29, 0.717) is 19.6 Å². The minimum Gasteiger partial charge on any atom is -0.303 e. The van der Waals surface area contributed by atoms with Crippen LogP contribution in [0.25, 0.3) is 0 Å². The third-order valence-corrected chi connectivity index (χ3v) is 5.76. The number of piperazine rings is 1. The molecule has 0 radical (unpaired) electrons. The van der Waals surface area contributed by atoms with Crippen molar-refractivity contribution in [1.29, 1.82) is 5.26 Å². The molecule has 1 aromatic carbocycles. The highest BCUT2D eigenvalue weighted by Gasteiger charge is 2.38. The Morgan fingerprint density at radius 3 is 2.55 bits per heavy atom. The van der Waals surface area contributed by atoms with Gasteiger partial charge in [0.25, 0.3) is 0 Å². The molecule has 1 aliphatic rings. The Bertz CT molecular complexity index is 595. The molecule has 0 spiro atoms. The van der Waals surface area contributed by atoms with Crippen molar-refractivity contribution in [1.82, 2.24) is 9.21 Å². The maximum absolute atomic E-state index is 12.5. The topological polar surface area (TPSA) is 64.4 Å². The van der Waals surface area contributed by atoms with Crippen LogP contribution in [0.4, 0.5) is 0 Å². The summed E-state index contributed by atoms with van der Waals surface area (Å²) in [5, 5.41) is 7.93. The highest BCUT2D eigenvalue weighted by atomic mass is 32.2. The molecule has 2 unspecified atom stereocenters. The molecule has 1 saturated heterocycles. The standard InChI is InChI=1S/C14H19N3O2S/c1-12(10-15)20(18,19)17-9-8-16(2)11-14(17)13-6-4-3-5-7-13/h3-7,12,14H,8-9,11H2,1-2H3. The minimum atomic E-state index is -3.59. The predicted molar refractivity (Wildman–Crippen MR) is 77.4 cm³/mol. The fraction of sp³-hybridized carbons (Fsp3) is 0.500. The second-order valence-electron chi connectivity index (χ2n) is 5.12. The zero-order chi connectivity index (χ0) is 14.8. The van der Waals surface area contributed by atoms with Gasteiger partial charge in [0.2, 0.25) is 10.0 Å². The third kappa shape index (κ3) is 2.85. The normalized spacial score (nSPS) is 23.1. The minimum absolute atomic E-state index is 0.226. The molecule has 1 heterocycles. The Kier molecular flexibility index (Phi) is 4.43. The molecular formula is C14H19N3O2S. The third-order valence-electron chi connectivity index (χ3n) is 3.67. The van der Waals surface area contributed by atoms with Gasteiger partial charge in [0, 0.05) is 19.6 Å². The number of sulfonamides is 1. The quantitative estimate of drug-likeness (QED) is 0.840. The first-order chi connectivity index (χ1) is 9.46. The van der Waals surface area contributed by atoms with E-state index in [9.17, 15) is 8.42 Å². The first kappa shape index (κ1) is 15.0. The van der Waals surface area contributed by atoms with E-state index >= 15 is 0 Å².